The van der Waals surface area contributed by atoms with Crippen LogP contribution in [0.5, 0.6) is 0 Å². The molecule has 1 heterocycles. The average molecular weight is 384 g/mol. The monoisotopic (exact) mass is 383 g/mol. The van der Waals surface area contributed by atoms with Crippen LogP contribution in [0.2, 0.25) is 5.02 Å². The number of aromatic nitrogens is 2. The zero-order chi connectivity index (χ0) is 19.2. The highest BCUT2D eigenvalue weighted by atomic mass is 35.5. The molecule has 0 aliphatic rings. The first-order valence-corrected chi connectivity index (χ1v) is 10.0. The summed E-state index contributed by atoms with van der Waals surface area (Å²) in [6.07, 6.45) is 3.20. The van der Waals surface area contributed by atoms with Crippen molar-refractivity contribution in [1.29, 1.82) is 0 Å². The van der Waals surface area contributed by atoms with Gasteiger partial charge in [-0.1, -0.05) is 62.2 Å². The number of rotatable bonds is 8. The Morgan fingerprint density at radius 3 is 2.59 bits per heavy atom. The predicted molar refractivity (Wildman–Crippen MR) is 111 cm³/mol. The molecule has 1 N–H and O–H groups in total. The Hall–Kier alpha value is -2.33. The minimum Gasteiger partial charge on any atom is -0.354 e. The van der Waals surface area contributed by atoms with E-state index in [9.17, 15) is 4.79 Å². The van der Waals surface area contributed by atoms with Crippen molar-refractivity contribution in [1.82, 2.24) is 14.9 Å². The minimum absolute atomic E-state index is 0.0576. The smallest absolute Gasteiger partial charge is 0.243 e. The van der Waals surface area contributed by atoms with Crippen LogP contribution in [0.1, 0.15) is 50.5 Å². The summed E-state index contributed by atoms with van der Waals surface area (Å²) >= 11 is 6.38. The fraction of sp³-hybridized carbons (Fsp3) is 0.364. The molecule has 0 radical (unpaired) electrons. The number of carbonyl (C=O) groups is 1. The third-order valence-electron chi connectivity index (χ3n) is 4.70. The lowest BCUT2D eigenvalue weighted by Gasteiger charge is -2.21. The van der Waals surface area contributed by atoms with E-state index in [-0.39, 0.29) is 11.9 Å². The van der Waals surface area contributed by atoms with Crippen LogP contribution in [0, 0.1) is 0 Å². The van der Waals surface area contributed by atoms with Gasteiger partial charge in [0.05, 0.1) is 11.0 Å². The van der Waals surface area contributed by atoms with Gasteiger partial charge in [-0.05, 0) is 36.6 Å². The molecule has 3 aromatic rings. The van der Waals surface area contributed by atoms with Crippen molar-refractivity contribution >= 4 is 28.5 Å². The van der Waals surface area contributed by atoms with Crippen LogP contribution in [-0.4, -0.2) is 22.0 Å². The van der Waals surface area contributed by atoms with Crippen molar-refractivity contribution in [3.63, 3.8) is 0 Å². The Bertz CT molecular complexity index is 919. The molecule has 1 atom stereocenters. The van der Waals surface area contributed by atoms with Gasteiger partial charge in [0.15, 0.2) is 0 Å². The van der Waals surface area contributed by atoms with Gasteiger partial charge in [0.1, 0.15) is 11.9 Å². The zero-order valence-corrected chi connectivity index (χ0v) is 16.7. The molecule has 0 spiro atoms. The van der Waals surface area contributed by atoms with E-state index in [0.29, 0.717) is 13.0 Å². The highest BCUT2D eigenvalue weighted by Crippen LogP contribution is 2.27. The van der Waals surface area contributed by atoms with Gasteiger partial charge in [-0.2, -0.15) is 0 Å². The lowest BCUT2D eigenvalue weighted by molar-refractivity contribution is -0.124. The first kappa shape index (κ1) is 19.4. The standard InChI is InChI=1S/C22H26ClN3O/c1-3-9-20(22(27)24-14-4-2)26-19-13-8-7-12-18(19)25-21(26)15-16-10-5-6-11-17(16)23/h5-8,10-13,20H,3-4,9,14-15H2,1-2H3,(H,24,27)/t20-/m0/s1. The predicted octanol–water partition coefficient (Wildman–Crippen LogP) is 5.15. The lowest BCUT2D eigenvalue weighted by atomic mass is 10.1. The summed E-state index contributed by atoms with van der Waals surface area (Å²) in [4.78, 5) is 17.8. The van der Waals surface area contributed by atoms with E-state index >= 15 is 0 Å². The summed E-state index contributed by atoms with van der Waals surface area (Å²) in [7, 11) is 0. The van der Waals surface area contributed by atoms with Crippen LogP contribution in [0.25, 0.3) is 11.0 Å². The minimum atomic E-state index is -0.272. The van der Waals surface area contributed by atoms with Crippen molar-refractivity contribution in [3.05, 3.63) is 64.9 Å². The van der Waals surface area contributed by atoms with E-state index < -0.39 is 0 Å². The highest BCUT2D eigenvalue weighted by molar-refractivity contribution is 6.31. The van der Waals surface area contributed by atoms with Crippen molar-refractivity contribution < 1.29 is 4.79 Å². The number of nitrogens with one attached hydrogen (secondary N) is 1. The van der Waals surface area contributed by atoms with Gasteiger partial charge in [0.25, 0.3) is 0 Å². The van der Waals surface area contributed by atoms with E-state index in [1.165, 1.54) is 0 Å². The van der Waals surface area contributed by atoms with Gasteiger partial charge in [-0.25, -0.2) is 4.98 Å². The fourth-order valence-corrected chi connectivity index (χ4v) is 3.60. The quantitative estimate of drug-likeness (QED) is 0.584. The summed E-state index contributed by atoms with van der Waals surface area (Å²) in [5, 5.41) is 3.78. The van der Waals surface area contributed by atoms with Gasteiger partial charge in [-0.3, -0.25) is 4.79 Å². The van der Waals surface area contributed by atoms with Crippen molar-refractivity contribution in [3.8, 4) is 0 Å². The first-order chi connectivity index (χ1) is 13.2. The highest BCUT2D eigenvalue weighted by Gasteiger charge is 2.25. The Kier molecular flexibility index (Phi) is 6.51. The summed E-state index contributed by atoms with van der Waals surface area (Å²) in [5.74, 6) is 0.927. The maximum Gasteiger partial charge on any atom is 0.243 e. The molecule has 142 valence electrons. The Morgan fingerprint density at radius 2 is 1.85 bits per heavy atom. The third-order valence-corrected chi connectivity index (χ3v) is 5.07. The molecule has 27 heavy (non-hydrogen) atoms. The second kappa shape index (κ2) is 9.05. The molecule has 2 aromatic carbocycles. The first-order valence-electron chi connectivity index (χ1n) is 9.62. The molecule has 0 fully saturated rings. The topological polar surface area (TPSA) is 46.9 Å². The van der Waals surface area contributed by atoms with E-state index in [1.54, 1.807) is 0 Å². The SMILES string of the molecule is CCCNC(=O)[C@H](CCC)n1c(Cc2ccccc2Cl)nc2ccccc21. The number of amides is 1. The number of carbonyl (C=O) groups excluding carboxylic acids is 1. The number of hydrogen-bond acceptors (Lipinski definition) is 2. The molecule has 0 aliphatic heterocycles. The second-order valence-corrected chi connectivity index (χ2v) is 7.16. The van der Waals surface area contributed by atoms with Gasteiger partial charge < -0.3 is 9.88 Å². The largest absolute Gasteiger partial charge is 0.354 e. The van der Waals surface area contributed by atoms with Gasteiger partial charge >= 0.3 is 0 Å². The van der Waals surface area contributed by atoms with Crippen LogP contribution in [-0.2, 0) is 11.2 Å². The lowest BCUT2D eigenvalue weighted by Crippen LogP contribution is -2.33. The Morgan fingerprint density at radius 1 is 1.11 bits per heavy atom. The number of nitrogens with zero attached hydrogens (tertiary/aromatic N) is 2. The number of imidazole rings is 1. The summed E-state index contributed by atoms with van der Waals surface area (Å²) in [5.41, 5.74) is 2.91. The maximum absolute atomic E-state index is 12.9. The molecule has 0 bridgehead atoms. The number of para-hydroxylation sites is 2. The van der Waals surface area contributed by atoms with Crippen LogP contribution >= 0.6 is 11.6 Å². The molecule has 5 heteroatoms. The number of fused-ring (bicyclic) bond motifs is 1. The maximum atomic E-state index is 12.9. The number of halogens is 1. The fourth-order valence-electron chi connectivity index (χ4n) is 3.40. The number of benzene rings is 2. The van der Waals surface area contributed by atoms with Gasteiger partial charge in [-0.15, -0.1) is 0 Å². The summed E-state index contributed by atoms with van der Waals surface area (Å²) in [6.45, 7) is 4.85. The van der Waals surface area contributed by atoms with Crippen LogP contribution in [0.4, 0.5) is 0 Å². The molecule has 4 nitrogen and oxygen atoms in total. The van der Waals surface area contributed by atoms with E-state index in [1.807, 2.05) is 48.5 Å². The molecule has 0 saturated carbocycles. The van der Waals surface area contributed by atoms with Crippen molar-refractivity contribution in [2.75, 3.05) is 6.54 Å². The normalized spacial score (nSPS) is 12.3. The Balaban J connectivity index is 2.08. The Labute approximate surface area is 165 Å². The molecule has 1 aromatic heterocycles. The van der Waals surface area contributed by atoms with Crippen LogP contribution in [0.15, 0.2) is 48.5 Å². The molecule has 1 amide bonds. The molecular weight excluding hydrogens is 358 g/mol. The van der Waals surface area contributed by atoms with Gasteiger partial charge in [0.2, 0.25) is 5.91 Å². The molecule has 0 saturated heterocycles. The van der Waals surface area contributed by atoms with E-state index in [2.05, 4.69) is 23.7 Å². The third kappa shape index (κ3) is 4.33. The molecule has 3 rings (SSSR count). The summed E-state index contributed by atoms with van der Waals surface area (Å²) in [6, 6.07) is 15.5. The van der Waals surface area contributed by atoms with E-state index in [0.717, 1.165) is 46.7 Å². The van der Waals surface area contributed by atoms with Crippen molar-refractivity contribution in [2.24, 2.45) is 0 Å². The zero-order valence-electron chi connectivity index (χ0n) is 15.9. The average Bonchev–Trinajstić information content (AvgIpc) is 3.03. The van der Waals surface area contributed by atoms with E-state index in [4.69, 9.17) is 16.6 Å². The summed E-state index contributed by atoms with van der Waals surface area (Å²) < 4.78 is 2.10. The molecule has 0 aliphatic carbocycles. The molecule has 0 unspecified atom stereocenters. The number of hydrogen-bond donors (Lipinski definition) is 1. The van der Waals surface area contributed by atoms with Crippen LogP contribution < -0.4 is 5.32 Å². The molecular formula is C22H26ClN3O. The van der Waals surface area contributed by atoms with Crippen LogP contribution in [0.3, 0.4) is 0 Å². The van der Waals surface area contributed by atoms with Gasteiger partial charge in [0, 0.05) is 18.0 Å². The second-order valence-electron chi connectivity index (χ2n) is 6.75. The van der Waals surface area contributed by atoms with Crippen molar-refractivity contribution in [2.45, 2.75) is 45.6 Å².